The van der Waals surface area contributed by atoms with Crippen LogP contribution >= 0.6 is 0 Å². The smallest absolute Gasteiger partial charge is 0.338 e. The fourth-order valence-electron chi connectivity index (χ4n) is 3.25. The van der Waals surface area contributed by atoms with E-state index in [9.17, 15) is 9.59 Å². The van der Waals surface area contributed by atoms with Crippen molar-refractivity contribution in [2.75, 3.05) is 26.9 Å². The molecular formula is C23H27NO5. The van der Waals surface area contributed by atoms with Gasteiger partial charge in [-0.2, -0.15) is 0 Å². The largest absolute Gasteiger partial charge is 0.493 e. The van der Waals surface area contributed by atoms with E-state index in [0.29, 0.717) is 36.8 Å². The number of esters is 1. The molecule has 2 aromatic rings. The molecule has 6 nitrogen and oxygen atoms in total. The molecule has 0 N–H and O–H groups in total. The van der Waals surface area contributed by atoms with Gasteiger partial charge >= 0.3 is 5.97 Å². The number of carbonyl (C=O) groups is 2. The summed E-state index contributed by atoms with van der Waals surface area (Å²) in [4.78, 5) is 26.6. The highest BCUT2D eigenvalue weighted by atomic mass is 16.5. The summed E-state index contributed by atoms with van der Waals surface area (Å²) < 4.78 is 16.2. The Balaban J connectivity index is 1.55. The van der Waals surface area contributed by atoms with Gasteiger partial charge in [-0.15, -0.1) is 0 Å². The van der Waals surface area contributed by atoms with E-state index in [1.807, 2.05) is 18.2 Å². The van der Waals surface area contributed by atoms with Crippen LogP contribution in [0.15, 0.2) is 42.5 Å². The average molecular weight is 397 g/mol. The SMILES string of the molecule is CCCCOc1ccc(C(=O)OCC(=O)N2CCc3ccccc3C2)cc1OC. The molecule has 0 saturated carbocycles. The molecule has 0 unspecified atom stereocenters. The molecule has 0 aromatic heterocycles. The predicted molar refractivity (Wildman–Crippen MR) is 109 cm³/mol. The molecule has 1 aliphatic heterocycles. The van der Waals surface area contributed by atoms with Gasteiger partial charge in [-0.05, 0) is 42.2 Å². The molecule has 0 radical (unpaired) electrons. The maximum Gasteiger partial charge on any atom is 0.338 e. The second kappa shape index (κ2) is 9.96. The van der Waals surface area contributed by atoms with Gasteiger partial charge in [0.25, 0.3) is 5.91 Å². The molecule has 1 aliphatic rings. The number of unbranched alkanes of at least 4 members (excludes halogenated alkanes) is 1. The standard InChI is InChI=1S/C23H27NO5/c1-3-4-13-28-20-10-9-18(14-21(20)27-2)23(26)29-16-22(25)24-12-11-17-7-5-6-8-19(17)15-24/h5-10,14H,3-4,11-13,15-16H2,1-2H3. The van der Waals surface area contributed by atoms with Gasteiger partial charge in [0.05, 0.1) is 19.3 Å². The molecule has 0 saturated heterocycles. The first-order valence-corrected chi connectivity index (χ1v) is 9.95. The Kier molecular flexibility index (Phi) is 7.11. The predicted octanol–water partition coefficient (Wildman–Crippen LogP) is 3.62. The van der Waals surface area contributed by atoms with Gasteiger partial charge in [-0.3, -0.25) is 4.79 Å². The monoisotopic (exact) mass is 397 g/mol. The molecule has 0 spiro atoms. The van der Waals surface area contributed by atoms with Gasteiger partial charge in [0.15, 0.2) is 18.1 Å². The molecule has 0 aliphatic carbocycles. The lowest BCUT2D eigenvalue weighted by atomic mass is 10.00. The molecule has 0 atom stereocenters. The zero-order valence-corrected chi connectivity index (χ0v) is 17.0. The van der Waals surface area contributed by atoms with Crippen LogP contribution in [0.3, 0.4) is 0 Å². The quantitative estimate of drug-likeness (QED) is 0.503. The number of methoxy groups -OCH3 is 1. The van der Waals surface area contributed by atoms with Crippen LogP contribution in [0, 0.1) is 0 Å². The van der Waals surface area contributed by atoms with Crippen LogP contribution in [0.25, 0.3) is 0 Å². The van der Waals surface area contributed by atoms with E-state index in [2.05, 4.69) is 13.0 Å². The third kappa shape index (κ3) is 5.28. The number of hydrogen-bond acceptors (Lipinski definition) is 5. The van der Waals surface area contributed by atoms with Crippen molar-refractivity contribution in [1.29, 1.82) is 0 Å². The van der Waals surface area contributed by atoms with Gasteiger partial charge in [-0.25, -0.2) is 4.79 Å². The number of rotatable bonds is 8. The molecule has 1 heterocycles. The van der Waals surface area contributed by atoms with Crippen molar-refractivity contribution in [3.63, 3.8) is 0 Å². The Morgan fingerprint density at radius 2 is 1.86 bits per heavy atom. The molecule has 1 amide bonds. The average Bonchev–Trinajstić information content (AvgIpc) is 2.77. The summed E-state index contributed by atoms with van der Waals surface area (Å²) in [6, 6.07) is 13.0. The summed E-state index contributed by atoms with van der Waals surface area (Å²) in [5.41, 5.74) is 2.73. The molecule has 0 bridgehead atoms. The summed E-state index contributed by atoms with van der Waals surface area (Å²) in [5.74, 6) is 0.295. The summed E-state index contributed by atoms with van der Waals surface area (Å²) in [6.45, 7) is 3.57. The minimum absolute atomic E-state index is 0.195. The Labute approximate surface area is 171 Å². The van der Waals surface area contributed by atoms with Crippen molar-refractivity contribution in [3.8, 4) is 11.5 Å². The van der Waals surface area contributed by atoms with Gasteiger partial charge in [0.1, 0.15) is 0 Å². The summed E-state index contributed by atoms with van der Waals surface area (Å²) in [6.07, 6.45) is 2.78. The highest BCUT2D eigenvalue weighted by Gasteiger charge is 2.22. The lowest BCUT2D eigenvalue weighted by molar-refractivity contribution is -0.135. The first-order valence-electron chi connectivity index (χ1n) is 9.95. The van der Waals surface area contributed by atoms with Crippen molar-refractivity contribution >= 4 is 11.9 Å². The van der Waals surface area contributed by atoms with E-state index in [1.165, 1.54) is 12.7 Å². The Morgan fingerprint density at radius 1 is 1.07 bits per heavy atom. The third-order valence-electron chi connectivity index (χ3n) is 4.96. The first kappa shape index (κ1) is 20.7. The first-order chi connectivity index (χ1) is 14.1. The van der Waals surface area contributed by atoms with E-state index in [-0.39, 0.29) is 12.5 Å². The number of carbonyl (C=O) groups excluding carboxylic acids is 2. The number of amides is 1. The second-order valence-corrected chi connectivity index (χ2v) is 6.98. The van der Waals surface area contributed by atoms with Crippen LogP contribution in [-0.2, 0) is 22.5 Å². The highest BCUT2D eigenvalue weighted by Crippen LogP contribution is 2.28. The molecule has 29 heavy (non-hydrogen) atoms. The zero-order chi connectivity index (χ0) is 20.6. The second-order valence-electron chi connectivity index (χ2n) is 6.98. The Morgan fingerprint density at radius 3 is 2.62 bits per heavy atom. The van der Waals surface area contributed by atoms with Crippen molar-refractivity contribution in [2.24, 2.45) is 0 Å². The highest BCUT2D eigenvalue weighted by molar-refractivity contribution is 5.92. The topological polar surface area (TPSA) is 65.1 Å². The van der Waals surface area contributed by atoms with E-state index in [1.54, 1.807) is 23.1 Å². The zero-order valence-electron chi connectivity index (χ0n) is 17.0. The van der Waals surface area contributed by atoms with E-state index in [0.717, 1.165) is 24.8 Å². The Hall–Kier alpha value is -3.02. The summed E-state index contributed by atoms with van der Waals surface area (Å²) in [7, 11) is 1.52. The number of nitrogens with zero attached hydrogens (tertiary/aromatic N) is 1. The van der Waals surface area contributed by atoms with Crippen LogP contribution < -0.4 is 9.47 Å². The molecule has 6 heteroatoms. The van der Waals surface area contributed by atoms with Crippen LogP contribution in [0.4, 0.5) is 0 Å². The minimum Gasteiger partial charge on any atom is -0.493 e. The normalized spacial score (nSPS) is 12.8. The van der Waals surface area contributed by atoms with Crippen molar-refractivity contribution < 1.29 is 23.8 Å². The van der Waals surface area contributed by atoms with Crippen LogP contribution in [0.1, 0.15) is 41.3 Å². The van der Waals surface area contributed by atoms with Gasteiger partial charge in [-0.1, -0.05) is 37.6 Å². The Bertz CT molecular complexity index is 864. The molecule has 2 aromatic carbocycles. The molecular weight excluding hydrogens is 370 g/mol. The lowest BCUT2D eigenvalue weighted by Gasteiger charge is -2.28. The van der Waals surface area contributed by atoms with Gasteiger partial charge in [0, 0.05) is 13.1 Å². The maximum atomic E-state index is 12.5. The van der Waals surface area contributed by atoms with Crippen LogP contribution in [0.5, 0.6) is 11.5 Å². The maximum absolute atomic E-state index is 12.5. The van der Waals surface area contributed by atoms with E-state index < -0.39 is 5.97 Å². The van der Waals surface area contributed by atoms with Gasteiger partial charge < -0.3 is 19.1 Å². The summed E-state index contributed by atoms with van der Waals surface area (Å²) in [5, 5.41) is 0. The molecule has 3 rings (SSSR count). The number of ether oxygens (including phenoxy) is 3. The van der Waals surface area contributed by atoms with Crippen molar-refractivity contribution in [2.45, 2.75) is 32.7 Å². The van der Waals surface area contributed by atoms with Crippen LogP contribution in [-0.4, -0.2) is 43.6 Å². The van der Waals surface area contributed by atoms with Crippen molar-refractivity contribution in [3.05, 3.63) is 59.2 Å². The molecule has 0 fully saturated rings. The fourth-order valence-corrected chi connectivity index (χ4v) is 3.25. The van der Waals surface area contributed by atoms with E-state index in [4.69, 9.17) is 14.2 Å². The summed E-state index contributed by atoms with van der Waals surface area (Å²) >= 11 is 0. The fraction of sp³-hybridized carbons (Fsp3) is 0.391. The minimum atomic E-state index is -0.561. The number of benzene rings is 2. The van der Waals surface area contributed by atoms with E-state index >= 15 is 0 Å². The number of fused-ring (bicyclic) bond motifs is 1. The van der Waals surface area contributed by atoms with Crippen molar-refractivity contribution in [1.82, 2.24) is 4.90 Å². The lowest BCUT2D eigenvalue weighted by Crippen LogP contribution is -2.38. The van der Waals surface area contributed by atoms with Crippen LogP contribution in [0.2, 0.25) is 0 Å². The molecule has 154 valence electrons. The van der Waals surface area contributed by atoms with Gasteiger partial charge in [0.2, 0.25) is 0 Å². The number of hydrogen-bond donors (Lipinski definition) is 0. The third-order valence-corrected chi connectivity index (χ3v) is 4.96.